The maximum atomic E-state index is 12.3. The molecule has 0 fully saturated rings. The number of rotatable bonds is 7. The zero-order chi connectivity index (χ0) is 16.0. The first-order chi connectivity index (χ1) is 9.96. The van der Waals surface area contributed by atoms with Gasteiger partial charge in [0, 0.05) is 31.8 Å². The molecule has 0 saturated carbocycles. The van der Waals surface area contributed by atoms with E-state index in [2.05, 4.69) is 5.32 Å². The number of aliphatic hydroxyl groups is 2. The summed E-state index contributed by atoms with van der Waals surface area (Å²) in [6, 6.07) is 2.42. The van der Waals surface area contributed by atoms with Gasteiger partial charge in [-0.25, -0.2) is 0 Å². The topological polar surface area (TPSA) is 116 Å². The molecule has 21 heavy (non-hydrogen) atoms. The molecule has 1 amide bonds. The molecule has 0 aliphatic rings. The monoisotopic (exact) mass is 317 g/mol. The molecule has 3 N–H and O–H groups in total. The molecule has 1 aromatic rings. The summed E-state index contributed by atoms with van der Waals surface area (Å²) in [4.78, 5) is 23.8. The Morgan fingerprint density at radius 2 is 1.95 bits per heavy atom. The number of benzene rings is 1. The van der Waals surface area contributed by atoms with Gasteiger partial charge in [-0.3, -0.25) is 14.9 Å². The molecule has 0 heterocycles. The van der Waals surface area contributed by atoms with E-state index in [0.29, 0.717) is 0 Å². The van der Waals surface area contributed by atoms with Crippen molar-refractivity contribution in [3.8, 4) is 0 Å². The lowest BCUT2D eigenvalue weighted by molar-refractivity contribution is -0.384. The molecular weight excluding hydrogens is 302 g/mol. The van der Waals surface area contributed by atoms with Gasteiger partial charge in [0.2, 0.25) is 0 Å². The highest BCUT2D eigenvalue weighted by molar-refractivity contribution is 6.34. The van der Waals surface area contributed by atoms with Gasteiger partial charge < -0.3 is 20.4 Å². The number of hydrogen-bond donors (Lipinski definition) is 3. The van der Waals surface area contributed by atoms with Crippen molar-refractivity contribution in [2.24, 2.45) is 0 Å². The van der Waals surface area contributed by atoms with E-state index < -0.39 is 10.8 Å². The highest BCUT2D eigenvalue weighted by Crippen LogP contribution is 2.33. The number of nitrogens with one attached hydrogen (secondary N) is 1. The van der Waals surface area contributed by atoms with Gasteiger partial charge in [-0.05, 0) is 6.07 Å². The Bertz CT molecular complexity index is 532. The van der Waals surface area contributed by atoms with Gasteiger partial charge in [0.05, 0.1) is 23.2 Å². The average molecular weight is 318 g/mol. The van der Waals surface area contributed by atoms with Crippen molar-refractivity contribution in [2.75, 3.05) is 38.7 Å². The van der Waals surface area contributed by atoms with Crippen LogP contribution in [0.15, 0.2) is 12.1 Å². The summed E-state index contributed by atoms with van der Waals surface area (Å²) in [5.41, 5.74) is -0.178. The van der Waals surface area contributed by atoms with Gasteiger partial charge in [-0.15, -0.1) is 0 Å². The van der Waals surface area contributed by atoms with Gasteiger partial charge in [0.15, 0.2) is 0 Å². The Labute approximate surface area is 126 Å². The maximum Gasteiger partial charge on any atom is 0.294 e. The number of halogens is 1. The van der Waals surface area contributed by atoms with Crippen molar-refractivity contribution < 1.29 is 19.9 Å². The van der Waals surface area contributed by atoms with E-state index in [1.807, 2.05) is 0 Å². The molecule has 116 valence electrons. The quantitative estimate of drug-likeness (QED) is 0.504. The number of amides is 1. The van der Waals surface area contributed by atoms with Crippen LogP contribution in [-0.4, -0.2) is 59.3 Å². The van der Waals surface area contributed by atoms with Crippen LogP contribution in [0, 0.1) is 10.1 Å². The van der Waals surface area contributed by atoms with Crippen molar-refractivity contribution in [3.63, 3.8) is 0 Å². The van der Waals surface area contributed by atoms with Crippen LogP contribution in [-0.2, 0) is 0 Å². The summed E-state index contributed by atoms with van der Waals surface area (Å²) in [6.45, 7) is -0.538. The van der Waals surface area contributed by atoms with Crippen LogP contribution in [0.2, 0.25) is 5.02 Å². The Morgan fingerprint density at radius 1 is 1.38 bits per heavy atom. The largest absolute Gasteiger partial charge is 0.395 e. The summed E-state index contributed by atoms with van der Waals surface area (Å²) in [7, 11) is 1.49. The van der Waals surface area contributed by atoms with Crippen molar-refractivity contribution in [1.29, 1.82) is 0 Å². The van der Waals surface area contributed by atoms with Crippen LogP contribution < -0.4 is 5.32 Å². The fourth-order valence-electron chi connectivity index (χ4n) is 1.85. The molecule has 0 spiro atoms. The van der Waals surface area contributed by atoms with E-state index in [-0.39, 0.29) is 48.3 Å². The molecule has 0 saturated heterocycles. The molecule has 1 rings (SSSR count). The average Bonchev–Trinajstić information content (AvgIpc) is 2.45. The summed E-state index contributed by atoms with van der Waals surface area (Å²) in [5, 5.41) is 31.5. The lowest BCUT2D eigenvalue weighted by Crippen LogP contribution is -2.35. The number of carbonyl (C=O) groups is 1. The van der Waals surface area contributed by atoms with E-state index in [4.69, 9.17) is 21.8 Å². The third-order valence-corrected chi connectivity index (χ3v) is 3.09. The van der Waals surface area contributed by atoms with Gasteiger partial charge >= 0.3 is 0 Å². The molecule has 0 aromatic heterocycles. The Morgan fingerprint density at radius 3 is 2.38 bits per heavy atom. The van der Waals surface area contributed by atoms with Crippen LogP contribution in [0.1, 0.15) is 10.4 Å². The second kappa shape index (κ2) is 7.77. The van der Waals surface area contributed by atoms with E-state index in [0.717, 1.165) is 6.07 Å². The fraction of sp³-hybridized carbons (Fsp3) is 0.417. The lowest BCUT2D eigenvalue weighted by atomic mass is 10.1. The second-order valence-electron chi connectivity index (χ2n) is 4.10. The normalized spacial score (nSPS) is 10.3. The number of aliphatic hydroxyl groups excluding tert-OH is 2. The van der Waals surface area contributed by atoms with E-state index in [9.17, 15) is 14.9 Å². The Hall–Kier alpha value is -1.90. The van der Waals surface area contributed by atoms with Gasteiger partial charge in [-0.1, -0.05) is 11.6 Å². The number of carbonyl (C=O) groups excluding carboxylic acids is 1. The minimum Gasteiger partial charge on any atom is -0.395 e. The Balaban J connectivity index is 3.23. The molecule has 1 aromatic carbocycles. The van der Waals surface area contributed by atoms with Gasteiger partial charge in [0.25, 0.3) is 11.6 Å². The summed E-state index contributed by atoms with van der Waals surface area (Å²) in [6.07, 6.45) is 0. The fourth-order valence-corrected chi connectivity index (χ4v) is 2.15. The lowest BCUT2D eigenvalue weighted by Gasteiger charge is -2.21. The zero-order valence-electron chi connectivity index (χ0n) is 11.4. The third-order valence-electron chi connectivity index (χ3n) is 2.79. The predicted octanol–water partition coefficient (Wildman–Crippen LogP) is 0.717. The minimum atomic E-state index is -0.642. The van der Waals surface area contributed by atoms with Crippen molar-refractivity contribution in [3.05, 3.63) is 32.8 Å². The smallest absolute Gasteiger partial charge is 0.294 e. The van der Waals surface area contributed by atoms with Crippen LogP contribution in [0.5, 0.6) is 0 Å². The zero-order valence-corrected chi connectivity index (χ0v) is 12.1. The molecule has 0 bridgehead atoms. The highest BCUT2D eigenvalue weighted by atomic mass is 35.5. The molecule has 8 nitrogen and oxygen atoms in total. The van der Waals surface area contributed by atoms with Gasteiger partial charge in [-0.2, -0.15) is 0 Å². The van der Waals surface area contributed by atoms with Crippen molar-refractivity contribution in [1.82, 2.24) is 4.90 Å². The molecule has 0 aliphatic carbocycles. The number of nitro benzene ring substituents is 1. The number of nitro groups is 1. The summed E-state index contributed by atoms with van der Waals surface area (Å²) >= 11 is 5.95. The standard InChI is InChI=1S/C12H16ClN3O5/c1-14-11-9(13)6-8(7-10(11)16(20)21)12(19)15(2-4-17)3-5-18/h6-7,14,17-18H,2-5H2,1H3. The maximum absolute atomic E-state index is 12.3. The van der Waals surface area contributed by atoms with Crippen molar-refractivity contribution in [2.45, 2.75) is 0 Å². The number of hydrogen-bond acceptors (Lipinski definition) is 6. The number of nitrogens with zero attached hydrogens (tertiary/aromatic N) is 2. The van der Waals surface area contributed by atoms with Crippen LogP contribution in [0.4, 0.5) is 11.4 Å². The molecular formula is C12H16ClN3O5. The van der Waals surface area contributed by atoms with Crippen LogP contribution in [0.3, 0.4) is 0 Å². The first-order valence-corrected chi connectivity index (χ1v) is 6.50. The van der Waals surface area contributed by atoms with Crippen LogP contribution in [0.25, 0.3) is 0 Å². The van der Waals surface area contributed by atoms with Gasteiger partial charge in [0.1, 0.15) is 5.69 Å². The molecule has 0 atom stereocenters. The van der Waals surface area contributed by atoms with Crippen molar-refractivity contribution >= 4 is 28.9 Å². The molecule has 0 unspecified atom stereocenters. The highest BCUT2D eigenvalue weighted by Gasteiger charge is 2.23. The second-order valence-corrected chi connectivity index (χ2v) is 4.51. The molecule has 0 aliphatic heterocycles. The first-order valence-electron chi connectivity index (χ1n) is 6.13. The van der Waals surface area contributed by atoms with E-state index >= 15 is 0 Å². The molecule has 0 radical (unpaired) electrons. The number of anilines is 1. The predicted molar refractivity (Wildman–Crippen MR) is 77.7 cm³/mol. The first kappa shape index (κ1) is 17.2. The SMILES string of the molecule is CNc1c(Cl)cc(C(=O)N(CCO)CCO)cc1[N+](=O)[O-]. The summed E-state index contributed by atoms with van der Waals surface area (Å²) in [5.74, 6) is -0.550. The third kappa shape index (κ3) is 4.03. The van der Waals surface area contributed by atoms with Crippen LogP contribution >= 0.6 is 11.6 Å². The Kier molecular flexibility index (Phi) is 6.35. The van der Waals surface area contributed by atoms with E-state index in [1.54, 1.807) is 0 Å². The minimum absolute atomic E-state index is 0.0125. The van der Waals surface area contributed by atoms with E-state index in [1.165, 1.54) is 18.0 Å². The summed E-state index contributed by atoms with van der Waals surface area (Å²) < 4.78 is 0. The molecule has 9 heteroatoms.